The van der Waals surface area contributed by atoms with Crippen LogP contribution in [0.4, 0.5) is 4.39 Å². The van der Waals surface area contributed by atoms with E-state index in [4.69, 9.17) is 4.74 Å². The van der Waals surface area contributed by atoms with Crippen molar-refractivity contribution >= 4 is 21.9 Å². The molecule has 1 fully saturated rings. The SMILES string of the molecule is O=C1OCCC1NCc1ccc(F)c(Br)c1. The van der Waals surface area contributed by atoms with E-state index in [9.17, 15) is 9.18 Å². The first-order valence-corrected chi connectivity index (χ1v) is 5.80. The first-order chi connectivity index (χ1) is 7.66. The minimum atomic E-state index is -0.288. The third-order valence-corrected chi connectivity index (χ3v) is 3.08. The number of carbonyl (C=O) groups excluding carboxylic acids is 1. The van der Waals surface area contributed by atoms with E-state index < -0.39 is 0 Å². The van der Waals surface area contributed by atoms with Gasteiger partial charge in [0, 0.05) is 13.0 Å². The zero-order chi connectivity index (χ0) is 11.5. The summed E-state index contributed by atoms with van der Waals surface area (Å²) in [6.07, 6.45) is 0.696. The fraction of sp³-hybridized carbons (Fsp3) is 0.364. The number of hydrogen-bond donors (Lipinski definition) is 1. The molecule has 3 nitrogen and oxygen atoms in total. The van der Waals surface area contributed by atoms with Gasteiger partial charge in [0.05, 0.1) is 11.1 Å². The molecule has 0 spiro atoms. The van der Waals surface area contributed by atoms with Crippen molar-refractivity contribution < 1.29 is 13.9 Å². The van der Waals surface area contributed by atoms with Gasteiger partial charge in [-0.2, -0.15) is 0 Å². The van der Waals surface area contributed by atoms with Crippen molar-refractivity contribution in [1.29, 1.82) is 0 Å². The van der Waals surface area contributed by atoms with Gasteiger partial charge in [-0.25, -0.2) is 4.39 Å². The van der Waals surface area contributed by atoms with Gasteiger partial charge >= 0.3 is 5.97 Å². The number of rotatable bonds is 3. The lowest BCUT2D eigenvalue weighted by Crippen LogP contribution is -2.32. The molecule has 1 unspecified atom stereocenters. The summed E-state index contributed by atoms with van der Waals surface area (Å²) in [5, 5.41) is 3.08. The monoisotopic (exact) mass is 287 g/mol. The molecule has 1 saturated heterocycles. The zero-order valence-electron chi connectivity index (χ0n) is 8.50. The van der Waals surface area contributed by atoms with Crippen LogP contribution in [0.1, 0.15) is 12.0 Å². The normalized spacial score (nSPS) is 19.9. The van der Waals surface area contributed by atoms with Crippen molar-refractivity contribution in [2.75, 3.05) is 6.61 Å². The maximum Gasteiger partial charge on any atom is 0.323 e. The van der Waals surface area contributed by atoms with E-state index in [2.05, 4.69) is 21.2 Å². The molecule has 1 aromatic rings. The Balaban J connectivity index is 1.94. The molecule has 0 radical (unpaired) electrons. The molecule has 1 N–H and O–H groups in total. The molecule has 16 heavy (non-hydrogen) atoms. The van der Waals surface area contributed by atoms with Crippen molar-refractivity contribution in [2.24, 2.45) is 0 Å². The Labute approximate surface area is 101 Å². The van der Waals surface area contributed by atoms with Gasteiger partial charge in [-0.05, 0) is 33.6 Å². The Morgan fingerprint density at radius 1 is 1.56 bits per heavy atom. The highest BCUT2D eigenvalue weighted by molar-refractivity contribution is 9.10. The quantitative estimate of drug-likeness (QED) is 0.864. The highest BCUT2D eigenvalue weighted by Crippen LogP contribution is 2.17. The second kappa shape index (κ2) is 4.93. The average Bonchev–Trinajstić information content (AvgIpc) is 2.66. The average molecular weight is 288 g/mol. The number of cyclic esters (lactones) is 1. The Morgan fingerprint density at radius 3 is 3.00 bits per heavy atom. The number of ether oxygens (including phenoxy) is 1. The Bertz CT molecular complexity index is 411. The topological polar surface area (TPSA) is 38.3 Å². The van der Waals surface area contributed by atoms with Crippen LogP contribution in [0.25, 0.3) is 0 Å². The lowest BCUT2D eigenvalue weighted by atomic mass is 10.2. The van der Waals surface area contributed by atoms with Gasteiger partial charge in [0.2, 0.25) is 0 Å². The molecule has 1 aliphatic rings. The lowest BCUT2D eigenvalue weighted by Gasteiger charge is -2.08. The van der Waals surface area contributed by atoms with E-state index in [0.29, 0.717) is 24.0 Å². The molecule has 0 bridgehead atoms. The maximum absolute atomic E-state index is 13.0. The molecule has 5 heteroatoms. The van der Waals surface area contributed by atoms with Crippen molar-refractivity contribution in [3.05, 3.63) is 34.1 Å². The minimum absolute atomic E-state index is 0.207. The van der Waals surface area contributed by atoms with Crippen molar-refractivity contribution in [2.45, 2.75) is 19.0 Å². The van der Waals surface area contributed by atoms with Gasteiger partial charge in [0.25, 0.3) is 0 Å². The molecular formula is C11H11BrFNO2. The van der Waals surface area contributed by atoms with E-state index in [-0.39, 0.29) is 17.8 Å². The summed E-state index contributed by atoms with van der Waals surface area (Å²) in [5.74, 6) is -0.495. The van der Waals surface area contributed by atoms with Gasteiger partial charge in [-0.1, -0.05) is 6.07 Å². The molecule has 1 atom stereocenters. The molecular weight excluding hydrogens is 277 g/mol. The predicted molar refractivity (Wildman–Crippen MR) is 60.3 cm³/mol. The summed E-state index contributed by atoms with van der Waals surface area (Å²) in [5.41, 5.74) is 0.924. The van der Waals surface area contributed by atoms with Gasteiger partial charge in [0.1, 0.15) is 11.9 Å². The smallest absolute Gasteiger partial charge is 0.323 e. The van der Waals surface area contributed by atoms with Gasteiger partial charge in [-0.15, -0.1) is 0 Å². The predicted octanol–water partition coefficient (Wildman–Crippen LogP) is 1.99. The summed E-state index contributed by atoms with van der Waals surface area (Å²) in [6.45, 7) is 1.00. The van der Waals surface area contributed by atoms with Crippen LogP contribution in [-0.4, -0.2) is 18.6 Å². The summed E-state index contributed by atoms with van der Waals surface area (Å²) < 4.78 is 18.2. The van der Waals surface area contributed by atoms with E-state index in [1.807, 2.05) is 0 Å². The third kappa shape index (κ3) is 2.59. The van der Waals surface area contributed by atoms with E-state index in [0.717, 1.165) is 5.56 Å². The summed E-state index contributed by atoms with van der Waals surface area (Å²) in [4.78, 5) is 11.2. The molecule has 0 aromatic heterocycles. The van der Waals surface area contributed by atoms with Crippen LogP contribution >= 0.6 is 15.9 Å². The standard InChI is InChI=1S/C11H11BrFNO2/c12-8-5-7(1-2-9(8)13)6-14-10-3-4-16-11(10)15/h1-2,5,10,14H,3-4,6H2. The number of esters is 1. The summed E-state index contributed by atoms with van der Waals surface area (Å²) in [7, 11) is 0. The molecule has 1 aliphatic heterocycles. The fourth-order valence-electron chi connectivity index (χ4n) is 1.57. The first kappa shape index (κ1) is 11.5. The molecule has 2 rings (SSSR count). The molecule has 0 amide bonds. The second-order valence-corrected chi connectivity index (χ2v) is 4.49. The lowest BCUT2D eigenvalue weighted by molar-refractivity contribution is -0.139. The maximum atomic E-state index is 13.0. The molecule has 86 valence electrons. The number of benzene rings is 1. The van der Waals surface area contributed by atoms with E-state index in [1.54, 1.807) is 12.1 Å². The Kier molecular flexibility index (Phi) is 3.56. The van der Waals surface area contributed by atoms with Gasteiger partial charge in [0.15, 0.2) is 0 Å². The molecule has 0 saturated carbocycles. The van der Waals surface area contributed by atoms with Crippen molar-refractivity contribution in [3.8, 4) is 0 Å². The van der Waals surface area contributed by atoms with Crippen LogP contribution in [0.2, 0.25) is 0 Å². The minimum Gasteiger partial charge on any atom is -0.464 e. The van der Waals surface area contributed by atoms with Crippen LogP contribution in [-0.2, 0) is 16.1 Å². The summed E-state index contributed by atoms with van der Waals surface area (Å²) in [6, 6.07) is 4.55. The molecule has 1 heterocycles. The fourth-order valence-corrected chi connectivity index (χ4v) is 2.00. The third-order valence-electron chi connectivity index (χ3n) is 2.47. The largest absolute Gasteiger partial charge is 0.464 e. The highest BCUT2D eigenvalue weighted by atomic mass is 79.9. The number of hydrogen-bond acceptors (Lipinski definition) is 3. The van der Waals surface area contributed by atoms with Crippen LogP contribution < -0.4 is 5.32 Å². The summed E-state index contributed by atoms with van der Waals surface area (Å²) >= 11 is 3.12. The molecule has 0 aliphatic carbocycles. The van der Waals surface area contributed by atoms with Crippen LogP contribution in [0.5, 0.6) is 0 Å². The zero-order valence-corrected chi connectivity index (χ0v) is 10.1. The van der Waals surface area contributed by atoms with Crippen LogP contribution in [0.3, 0.4) is 0 Å². The Morgan fingerprint density at radius 2 is 2.38 bits per heavy atom. The number of carbonyl (C=O) groups is 1. The second-order valence-electron chi connectivity index (χ2n) is 3.64. The van der Waals surface area contributed by atoms with Crippen LogP contribution in [0.15, 0.2) is 22.7 Å². The van der Waals surface area contributed by atoms with Crippen molar-refractivity contribution in [3.63, 3.8) is 0 Å². The number of halogens is 2. The van der Waals surface area contributed by atoms with E-state index >= 15 is 0 Å². The van der Waals surface area contributed by atoms with Crippen LogP contribution in [0, 0.1) is 5.82 Å². The van der Waals surface area contributed by atoms with Gasteiger partial charge < -0.3 is 10.1 Å². The Hall–Kier alpha value is -0.940. The highest BCUT2D eigenvalue weighted by Gasteiger charge is 2.25. The van der Waals surface area contributed by atoms with Gasteiger partial charge in [-0.3, -0.25) is 4.79 Å². The molecule has 1 aromatic carbocycles. The van der Waals surface area contributed by atoms with Crippen molar-refractivity contribution in [1.82, 2.24) is 5.32 Å². The first-order valence-electron chi connectivity index (χ1n) is 5.01. The van der Waals surface area contributed by atoms with E-state index in [1.165, 1.54) is 6.07 Å². The number of nitrogens with one attached hydrogen (secondary N) is 1.